The molecule has 0 aromatic carbocycles. The zero-order valence-corrected chi connectivity index (χ0v) is 11.4. The minimum Gasteiger partial charge on any atom is -0.393 e. The maximum Gasteiger partial charge on any atom is 0.0983 e. The van der Waals surface area contributed by atoms with Crippen LogP contribution in [0.25, 0.3) is 11.3 Å². The maximum absolute atomic E-state index is 9.22. The molecule has 0 bridgehead atoms. The third-order valence-electron chi connectivity index (χ3n) is 2.89. The van der Waals surface area contributed by atoms with Crippen molar-refractivity contribution in [1.29, 1.82) is 0 Å². The summed E-state index contributed by atoms with van der Waals surface area (Å²) in [6.45, 7) is 3.33. The summed E-state index contributed by atoms with van der Waals surface area (Å²) >= 11 is 0. The van der Waals surface area contributed by atoms with Crippen molar-refractivity contribution < 1.29 is 5.11 Å². The predicted molar refractivity (Wildman–Crippen MR) is 74.4 cm³/mol. The van der Waals surface area contributed by atoms with Gasteiger partial charge >= 0.3 is 0 Å². The van der Waals surface area contributed by atoms with E-state index in [4.69, 9.17) is 0 Å². The van der Waals surface area contributed by atoms with Crippen LogP contribution in [0.15, 0.2) is 30.7 Å². The van der Waals surface area contributed by atoms with E-state index in [2.05, 4.69) is 15.4 Å². The third kappa shape index (κ3) is 3.87. The standard InChI is InChI=1S/C14H20N4O/c1-11(19)5-7-16-9-13-10-18(2)17-14(13)12-4-3-6-15-8-12/h3-4,6,8,10-11,16,19H,5,7,9H2,1-2H3. The van der Waals surface area contributed by atoms with Gasteiger partial charge in [0.05, 0.1) is 11.8 Å². The lowest BCUT2D eigenvalue weighted by molar-refractivity contribution is 0.183. The number of pyridine rings is 1. The van der Waals surface area contributed by atoms with Gasteiger partial charge in [-0.15, -0.1) is 0 Å². The molecule has 1 unspecified atom stereocenters. The Kier molecular flexibility index (Phi) is 4.65. The molecule has 19 heavy (non-hydrogen) atoms. The summed E-state index contributed by atoms with van der Waals surface area (Å²) in [6, 6.07) is 3.92. The monoisotopic (exact) mass is 260 g/mol. The number of hydrogen-bond donors (Lipinski definition) is 2. The Morgan fingerprint density at radius 1 is 1.47 bits per heavy atom. The highest BCUT2D eigenvalue weighted by molar-refractivity contribution is 5.61. The molecular formula is C14H20N4O. The first-order chi connectivity index (χ1) is 9.16. The molecule has 0 saturated carbocycles. The second-order valence-electron chi connectivity index (χ2n) is 4.73. The fraction of sp³-hybridized carbons (Fsp3) is 0.429. The van der Waals surface area contributed by atoms with Crippen LogP contribution >= 0.6 is 0 Å². The van der Waals surface area contributed by atoms with Gasteiger partial charge < -0.3 is 10.4 Å². The molecule has 102 valence electrons. The van der Waals surface area contributed by atoms with E-state index in [9.17, 15) is 5.11 Å². The van der Waals surface area contributed by atoms with Crippen LogP contribution in [0.4, 0.5) is 0 Å². The van der Waals surface area contributed by atoms with Gasteiger partial charge in [0, 0.05) is 43.3 Å². The Balaban J connectivity index is 2.05. The van der Waals surface area contributed by atoms with Crippen LogP contribution in [-0.4, -0.2) is 32.5 Å². The number of aromatic nitrogens is 3. The van der Waals surface area contributed by atoms with Crippen molar-refractivity contribution in [3.63, 3.8) is 0 Å². The number of aliphatic hydroxyl groups is 1. The van der Waals surface area contributed by atoms with E-state index in [1.165, 1.54) is 0 Å². The van der Waals surface area contributed by atoms with Crippen LogP contribution in [0.5, 0.6) is 0 Å². The van der Waals surface area contributed by atoms with E-state index in [1.54, 1.807) is 13.1 Å². The normalized spacial score (nSPS) is 12.6. The largest absolute Gasteiger partial charge is 0.393 e. The van der Waals surface area contributed by atoms with Crippen LogP contribution < -0.4 is 5.32 Å². The fourth-order valence-corrected chi connectivity index (χ4v) is 1.95. The van der Waals surface area contributed by atoms with Crippen molar-refractivity contribution in [1.82, 2.24) is 20.1 Å². The molecule has 2 rings (SSSR count). The lowest BCUT2D eigenvalue weighted by atomic mass is 10.1. The lowest BCUT2D eigenvalue weighted by Gasteiger charge is -2.06. The number of aliphatic hydroxyl groups excluding tert-OH is 1. The predicted octanol–water partition coefficient (Wildman–Crippen LogP) is 1.34. The van der Waals surface area contributed by atoms with Crippen LogP contribution in [-0.2, 0) is 13.6 Å². The van der Waals surface area contributed by atoms with Gasteiger partial charge in [-0.3, -0.25) is 9.67 Å². The van der Waals surface area contributed by atoms with Gasteiger partial charge in [-0.05, 0) is 32.0 Å². The molecule has 2 aromatic rings. The van der Waals surface area contributed by atoms with E-state index in [0.717, 1.165) is 36.3 Å². The minimum atomic E-state index is -0.265. The number of hydrogen-bond acceptors (Lipinski definition) is 4. The number of rotatable bonds is 6. The molecule has 0 fully saturated rings. The molecule has 2 heterocycles. The summed E-state index contributed by atoms with van der Waals surface area (Å²) in [5.74, 6) is 0. The SMILES string of the molecule is CC(O)CCNCc1cn(C)nc1-c1cccnc1. The smallest absolute Gasteiger partial charge is 0.0983 e. The molecule has 0 aliphatic rings. The highest BCUT2D eigenvalue weighted by Crippen LogP contribution is 2.20. The molecule has 0 amide bonds. The summed E-state index contributed by atoms with van der Waals surface area (Å²) in [7, 11) is 1.92. The van der Waals surface area contributed by atoms with Gasteiger partial charge in [-0.2, -0.15) is 5.10 Å². The minimum absolute atomic E-state index is 0.265. The van der Waals surface area contributed by atoms with Crippen LogP contribution in [0.2, 0.25) is 0 Å². The molecule has 0 radical (unpaired) electrons. The Morgan fingerprint density at radius 2 is 2.32 bits per heavy atom. The highest BCUT2D eigenvalue weighted by atomic mass is 16.3. The summed E-state index contributed by atoms with van der Waals surface area (Å²) in [5.41, 5.74) is 3.12. The number of nitrogens with one attached hydrogen (secondary N) is 1. The molecule has 2 aromatic heterocycles. The second kappa shape index (κ2) is 6.45. The Hall–Kier alpha value is -1.72. The van der Waals surface area contributed by atoms with E-state index in [1.807, 2.05) is 36.3 Å². The van der Waals surface area contributed by atoms with Gasteiger partial charge in [-0.1, -0.05) is 0 Å². The first kappa shape index (κ1) is 13.7. The van der Waals surface area contributed by atoms with Gasteiger partial charge in [0.1, 0.15) is 0 Å². The average Bonchev–Trinajstić information content (AvgIpc) is 2.77. The quantitative estimate of drug-likeness (QED) is 0.769. The molecular weight excluding hydrogens is 240 g/mol. The zero-order valence-electron chi connectivity index (χ0n) is 11.4. The van der Waals surface area contributed by atoms with Crippen LogP contribution in [0.1, 0.15) is 18.9 Å². The van der Waals surface area contributed by atoms with Gasteiger partial charge in [0.15, 0.2) is 0 Å². The Morgan fingerprint density at radius 3 is 3.00 bits per heavy atom. The van der Waals surface area contributed by atoms with Crippen LogP contribution in [0, 0.1) is 0 Å². The van der Waals surface area contributed by atoms with Crippen molar-refractivity contribution >= 4 is 0 Å². The topological polar surface area (TPSA) is 63.0 Å². The molecule has 1 atom stereocenters. The highest BCUT2D eigenvalue weighted by Gasteiger charge is 2.09. The molecule has 0 aliphatic heterocycles. The molecule has 2 N–H and O–H groups in total. The Labute approximate surface area is 113 Å². The molecule has 0 aliphatic carbocycles. The summed E-state index contributed by atoms with van der Waals surface area (Å²) in [5, 5.41) is 17.0. The van der Waals surface area contributed by atoms with Gasteiger partial charge in [0.25, 0.3) is 0 Å². The summed E-state index contributed by atoms with van der Waals surface area (Å²) < 4.78 is 1.81. The van der Waals surface area contributed by atoms with Gasteiger partial charge in [0.2, 0.25) is 0 Å². The average molecular weight is 260 g/mol. The van der Waals surface area contributed by atoms with Crippen molar-refractivity contribution in [2.24, 2.45) is 7.05 Å². The lowest BCUT2D eigenvalue weighted by Crippen LogP contribution is -2.18. The van der Waals surface area contributed by atoms with E-state index in [-0.39, 0.29) is 6.10 Å². The van der Waals surface area contributed by atoms with E-state index < -0.39 is 0 Å². The first-order valence-electron chi connectivity index (χ1n) is 6.48. The van der Waals surface area contributed by atoms with E-state index in [0.29, 0.717) is 0 Å². The fourth-order valence-electron chi connectivity index (χ4n) is 1.95. The Bertz CT molecular complexity index is 507. The first-order valence-corrected chi connectivity index (χ1v) is 6.48. The van der Waals surface area contributed by atoms with Crippen molar-refractivity contribution in [2.45, 2.75) is 26.0 Å². The second-order valence-corrected chi connectivity index (χ2v) is 4.73. The molecule has 0 saturated heterocycles. The van der Waals surface area contributed by atoms with Gasteiger partial charge in [-0.25, -0.2) is 0 Å². The zero-order chi connectivity index (χ0) is 13.7. The summed E-state index contributed by atoms with van der Waals surface area (Å²) in [4.78, 5) is 4.13. The molecule has 5 heteroatoms. The van der Waals surface area contributed by atoms with Crippen molar-refractivity contribution in [3.05, 3.63) is 36.3 Å². The number of nitrogens with zero attached hydrogens (tertiary/aromatic N) is 3. The number of aryl methyl sites for hydroxylation is 1. The summed E-state index contributed by atoms with van der Waals surface area (Å²) in [6.07, 6.45) is 6.08. The van der Waals surface area contributed by atoms with Crippen molar-refractivity contribution in [3.8, 4) is 11.3 Å². The maximum atomic E-state index is 9.22. The van der Waals surface area contributed by atoms with Crippen molar-refractivity contribution in [2.75, 3.05) is 6.54 Å². The molecule has 0 spiro atoms. The van der Waals surface area contributed by atoms with Crippen LogP contribution in [0.3, 0.4) is 0 Å². The van der Waals surface area contributed by atoms with E-state index >= 15 is 0 Å². The molecule has 5 nitrogen and oxygen atoms in total. The third-order valence-corrected chi connectivity index (χ3v) is 2.89.